The SMILES string of the molecule is C[n+]1ccccc1C1=C2C=CC(=N2)C(c2cccc[n+]2C)=C2C=CC(=N2)C(c2cccc[n+]2C)=C2C=CC(=N2)C(c2cccc[n+]2C)=C2C=CC1=N2. The van der Waals surface area contributed by atoms with Gasteiger partial charge in [0, 0.05) is 48.5 Å². The van der Waals surface area contributed by atoms with Gasteiger partial charge < -0.3 is 0 Å². The van der Waals surface area contributed by atoms with Crippen LogP contribution in [0.25, 0.3) is 22.3 Å². The van der Waals surface area contributed by atoms with Crippen molar-refractivity contribution in [1.82, 2.24) is 0 Å². The molecule has 0 saturated heterocycles. The van der Waals surface area contributed by atoms with Gasteiger partial charge >= 0.3 is 0 Å². The van der Waals surface area contributed by atoms with E-state index in [-0.39, 0.29) is 0 Å². The third kappa shape index (κ3) is 5.24. The van der Waals surface area contributed by atoms with E-state index in [9.17, 15) is 0 Å². The number of aromatic nitrogens is 4. The highest BCUT2D eigenvalue weighted by molar-refractivity contribution is 6.39. The van der Waals surface area contributed by atoms with Crippen LogP contribution in [0.2, 0.25) is 0 Å². The van der Waals surface area contributed by atoms with E-state index in [1.54, 1.807) is 0 Å². The average molecular weight is 677 g/mol. The van der Waals surface area contributed by atoms with Gasteiger partial charge in [-0.15, -0.1) is 0 Å². The third-order valence-corrected chi connectivity index (χ3v) is 9.85. The van der Waals surface area contributed by atoms with Crippen LogP contribution in [-0.4, -0.2) is 22.8 Å². The Bertz CT molecular complexity index is 2280. The lowest BCUT2D eigenvalue weighted by atomic mass is 10.0. The molecular formula is C44H36N8+4. The van der Waals surface area contributed by atoms with Crippen LogP contribution >= 0.6 is 0 Å². The molecule has 0 atom stereocenters. The Morgan fingerprint density at radius 2 is 0.538 bits per heavy atom. The van der Waals surface area contributed by atoms with E-state index in [4.69, 9.17) is 20.0 Å². The zero-order valence-electron chi connectivity index (χ0n) is 29.4. The molecule has 8 heteroatoms. The van der Waals surface area contributed by atoms with E-state index >= 15 is 0 Å². The van der Waals surface area contributed by atoms with Gasteiger partial charge in [-0.1, -0.05) is 0 Å². The molecule has 0 radical (unpaired) electrons. The zero-order chi connectivity index (χ0) is 35.3. The summed E-state index contributed by atoms with van der Waals surface area (Å²) in [5, 5.41) is 0. The van der Waals surface area contributed by atoms with Gasteiger partial charge in [-0.05, 0) is 72.9 Å². The van der Waals surface area contributed by atoms with E-state index in [2.05, 4.69) is 168 Å². The lowest BCUT2D eigenvalue weighted by Crippen LogP contribution is -2.34. The molecule has 8 nitrogen and oxygen atoms in total. The molecular weight excluding hydrogens is 641 g/mol. The summed E-state index contributed by atoms with van der Waals surface area (Å²) in [6, 6.07) is 24.9. The number of rotatable bonds is 4. The van der Waals surface area contributed by atoms with Gasteiger partial charge in [0.1, 0.15) is 28.2 Å². The number of hydrogen-bond donors (Lipinski definition) is 0. The highest BCUT2D eigenvalue weighted by Crippen LogP contribution is 2.36. The summed E-state index contributed by atoms with van der Waals surface area (Å²) >= 11 is 0. The van der Waals surface area contributed by atoms with Gasteiger partial charge in [0.25, 0.3) is 0 Å². The first-order chi connectivity index (χ1) is 25.4. The Kier molecular flexibility index (Phi) is 7.51. The molecule has 4 aromatic rings. The summed E-state index contributed by atoms with van der Waals surface area (Å²) in [5.41, 5.74) is 14.5. The molecule has 0 aliphatic carbocycles. The largest absolute Gasteiger partial charge is 0.247 e. The molecule has 4 aromatic heterocycles. The summed E-state index contributed by atoms with van der Waals surface area (Å²) in [6.45, 7) is 0. The average Bonchev–Trinajstić information content (AvgIpc) is 3.99. The second-order valence-corrected chi connectivity index (χ2v) is 13.1. The predicted molar refractivity (Wildman–Crippen MR) is 204 cm³/mol. The van der Waals surface area contributed by atoms with Crippen LogP contribution in [0.4, 0.5) is 0 Å². The topological polar surface area (TPSA) is 65.0 Å². The Labute approximate surface area is 302 Å². The summed E-state index contributed by atoms with van der Waals surface area (Å²) in [5.74, 6) is 0. The molecule has 0 aromatic carbocycles. The second-order valence-electron chi connectivity index (χ2n) is 13.1. The van der Waals surface area contributed by atoms with Crippen LogP contribution in [0, 0.1) is 0 Å². The van der Waals surface area contributed by atoms with Crippen LogP contribution in [0.5, 0.6) is 0 Å². The van der Waals surface area contributed by atoms with Gasteiger partial charge in [-0.2, -0.15) is 0 Å². The van der Waals surface area contributed by atoms with E-state index in [0.29, 0.717) is 0 Å². The number of aryl methyl sites for hydroxylation is 4. The minimum Gasteiger partial charge on any atom is -0.247 e. The van der Waals surface area contributed by atoms with Crippen LogP contribution in [0.15, 0.2) is 189 Å². The normalized spacial score (nSPS) is 17.5. The molecule has 9 heterocycles. The predicted octanol–water partition coefficient (Wildman–Crippen LogP) is 4.99. The molecule has 8 bridgehead atoms. The van der Waals surface area contributed by atoms with Gasteiger partial charge in [-0.25, -0.2) is 38.2 Å². The van der Waals surface area contributed by atoms with Crippen molar-refractivity contribution in [3.8, 4) is 0 Å². The number of hydrogen-bond acceptors (Lipinski definition) is 4. The lowest BCUT2D eigenvalue weighted by molar-refractivity contribution is -0.673. The van der Waals surface area contributed by atoms with Crippen molar-refractivity contribution >= 4 is 45.1 Å². The minimum atomic E-state index is 0.834. The molecule has 9 rings (SSSR count). The first-order valence-electron chi connectivity index (χ1n) is 17.3. The zero-order valence-corrected chi connectivity index (χ0v) is 29.4. The number of fused-ring (bicyclic) bond motifs is 4. The van der Waals surface area contributed by atoms with Crippen LogP contribution in [0.3, 0.4) is 0 Å². The summed E-state index contributed by atoms with van der Waals surface area (Å²) in [7, 11) is 8.24. The molecule has 0 N–H and O–H groups in total. The molecule has 5 aliphatic heterocycles. The second kappa shape index (κ2) is 12.5. The highest BCUT2D eigenvalue weighted by atomic mass is 15.0. The maximum Gasteiger partial charge on any atom is 0.216 e. The maximum atomic E-state index is 5.38. The van der Waals surface area contributed by atoms with Crippen LogP contribution in [-0.2, 0) is 28.2 Å². The van der Waals surface area contributed by atoms with E-state index < -0.39 is 0 Å². The fourth-order valence-corrected chi connectivity index (χ4v) is 7.27. The number of pyridine rings is 4. The minimum absolute atomic E-state index is 0.834. The fraction of sp³-hybridized carbons (Fsp3) is 0.0909. The van der Waals surface area contributed by atoms with E-state index in [1.807, 2.05) is 24.3 Å². The Balaban J connectivity index is 1.40. The van der Waals surface area contributed by atoms with Crippen molar-refractivity contribution in [2.45, 2.75) is 0 Å². The van der Waals surface area contributed by atoms with Gasteiger partial charge in [0.15, 0.2) is 24.8 Å². The van der Waals surface area contributed by atoms with Crippen molar-refractivity contribution in [1.29, 1.82) is 0 Å². The molecule has 0 fully saturated rings. The molecule has 0 amide bonds. The quantitative estimate of drug-likeness (QED) is 0.274. The van der Waals surface area contributed by atoms with Crippen molar-refractivity contribution in [3.05, 3.63) is 192 Å². The first-order valence-corrected chi connectivity index (χ1v) is 17.3. The fourth-order valence-electron chi connectivity index (χ4n) is 7.27. The molecule has 52 heavy (non-hydrogen) atoms. The van der Waals surface area contributed by atoms with E-state index in [1.165, 1.54) is 0 Å². The summed E-state index contributed by atoms with van der Waals surface area (Å²) in [4.78, 5) is 21.5. The number of allylic oxidation sites excluding steroid dienone is 12. The van der Waals surface area contributed by atoms with E-state index in [0.717, 1.165) is 90.7 Å². The maximum absolute atomic E-state index is 5.38. The molecule has 0 spiro atoms. The molecule has 0 unspecified atom stereocenters. The monoisotopic (exact) mass is 676 g/mol. The Morgan fingerprint density at radius 3 is 0.750 bits per heavy atom. The van der Waals surface area contributed by atoms with Gasteiger partial charge in [-0.3, -0.25) is 0 Å². The van der Waals surface area contributed by atoms with Crippen molar-refractivity contribution in [2.24, 2.45) is 48.2 Å². The molecule has 248 valence electrons. The van der Waals surface area contributed by atoms with Crippen molar-refractivity contribution in [2.75, 3.05) is 0 Å². The smallest absolute Gasteiger partial charge is 0.216 e. The first kappa shape index (κ1) is 31.2. The van der Waals surface area contributed by atoms with Crippen LogP contribution < -0.4 is 18.3 Å². The van der Waals surface area contributed by atoms with Crippen molar-refractivity contribution in [3.63, 3.8) is 0 Å². The highest BCUT2D eigenvalue weighted by Gasteiger charge is 2.33. The van der Waals surface area contributed by atoms with Gasteiger partial charge in [0.2, 0.25) is 22.8 Å². The standard InChI is InChI=1S/C44H36N8/c1-49-25-9-5-13-37(49)41-29-17-19-31(45-29)42(38-14-6-10-26-50(38)2)33-21-23-35(47-33)44(40-16-8-12-28-52(40)4)36-24-22-34(48-36)43(32-20-18-30(41)46-32)39-15-7-11-27-51(39)3/h5-28H,1-4H3/q+4. The Hall–Kier alpha value is -6.80. The summed E-state index contributed by atoms with van der Waals surface area (Å²) in [6.07, 6.45) is 25.1. The number of aliphatic imine (C=N–C) groups is 4. The molecule has 0 saturated carbocycles. The lowest BCUT2D eigenvalue weighted by Gasteiger charge is -2.10. The summed E-state index contributed by atoms with van der Waals surface area (Å²) < 4.78 is 8.49. The van der Waals surface area contributed by atoms with Crippen LogP contribution in [0.1, 0.15) is 22.8 Å². The third-order valence-electron chi connectivity index (χ3n) is 9.85. The van der Waals surface area contributed by atoms with Crippen molar-refractivity contribution < 1.29 is 18.3 Å². The molecule has 5 aliphatic rings. The Morgan fingerprint density at radius 1 is 0.308 bits per heavy atom. The number of nitrogens with zero attached hydrogens (tertiary/aromatic N) is 8. The van der Waals surface area contributed by atoms with Gasteiger partial charge in [0.05, 0.1) is 67.9 Å².